The number of aryl methyl sites for hydroxylation is 1. The molecule has 0 bridgehead atoms. The quantitative estimate of drug-likeness (QED) is 0.644. The number of aromatic nitrogens is 1. The van der Waals surface area contributed by atoms with Gasteiger partial charge in [0.1, 0.15) is 0 Å². The van der Waals surface area contributed by atoms with Crippen molar-refractivity contribution in [3.63, 3.8) is 0 Å². The fourth-order valence-corrected chi connectivity index (χ4v) is 3.63. The molecule has 0 aliphatic rings. The smallest absolute Gasteiger partial charge is 0.0907 e. The first-order valence-electron chi connectivity index (χ1n) is 6.93. The molecule has 0 amide bonds. The van der Waals surface area contributed by atoms with Crippen molar-refractivity contribution in [2.75, 3.05) is 11.6 Å². The average molecular weight is 314 g/mol. The van der Waals surface area contributed by atoms with Gasteiger partial charge in [0.05, 0.1) is 15.2 Å². The minimum atomic E-state index is 0.285. The average Bonchev–Trinajstić information content (AvgIpc) is 2.86. The zero-order chi connectivity index (χ0) is 14.8. The molecule has 4 heteroatoms. The highest BCUT2D eigenvalue weighted by Crippen LogP contribution is 2.27. The van der Waals surface area contributed by atoms with Gasteiger partial charge in [0, 0.05) is 16.6 Å². The van der Waals surface area contributed by atoms with Crippen molar-refractivity contribution in [3.05, 3.63) is 53.0 Å². The second-order valence-electron chi connectivity index (χ2n) is 5.05. The van der Waals surface area contributed by atoms with E-state index in [1.807, 2.05) is 6.92 Å². The van der Waals surface area contributed by atoms with Gasteiger partial charge >= 0.3 is 0 Å². The molecule has 2 aromatic carbocycles. The molecule has 3 aromatic rings. The van der Waals surface area contributed by atoms with E-state index < -0.39 is 0 Å². The third kappa shape index (κ3) is 3.22. The number of nitrogens with one attached hydrogen (secondary N) is 1. The van der Waals surface area contributed by atoms with Gasteiger partial charge in [-0.2, -0.15) is 0 Å². The summed E-state index contributed by atoms with van der Waals surface area (Å²) in [6.45, 7) is 4.24. The molecule has 1 N–H and O–H groups in total. The summed E-state index contributed by atoms with van der Waals surface area (Å²) in [6.07, 6.45) is 2.10. The molecule has 1 atom stereocenters. The fourth-order valence-electron chi connectivity index (χ4n) is 2.36. The van der Waals surface area contributed by atoms with E-state index in [0.29, 0.717) is 0 Å². The summed E-state index contributed by atoms with van der Waals surface area (Å²) in [5.41, 5.74) is 3.53. The van der Waals surface area contributed by atoms with E-state index in [9.17, 15) is 0 Å². The third-order valence-electron chi connectivity index (χ3n) is 3.49. The van der Waals surface area contributed by atoms with Crippen molar-refractivity contribution in [1.82, 2.24) is 4.98 Å². The van der Waals surface area contributed by atoms with Gasteiger partial charge in [0.2, 0.25) is 0 Å². The maximum atomic E-state index is 4.50. The van der Waals surface area contributed by atoms with Gasteiger partial charge in [0.25, 0.3) is 0 Å². The molecule has 108 valence electrons. The summed E-state index contributed by atoms with van der Waals surface area (Å²) >= 11 is 3.51. The number of fused-ring (bicyclic) bond motifs is 1. The zero-order valence-corrected chi connectivity index (χ0v) is 14.0. The zero-order valence-electron chi connectivity index (χ0n) is 12.4. The van der Waals surface area contributed by atoms with Gasteiger partial charge < -0.3 is 5.32 Å². The summed E-state index contributed by atoms with van der Waals surface area (Å²) < 4.78 is 1.24. The Hall–Kier alpha value is -1.52. The summed E-state index contributed by atoms with van der Waals surface area (Å²) in [5.74, 6) is 0. The van der Waals surface area contributed by atoms with E-state index in [1.54, 1.807) is 23.1 Å². The Morgan fingerprint density at radius 3 is 2.62 bits per heavy atom. The number of hydrogen-bond acceptors (Lipinski definition) is 4. The molecule has 0 saturated heterocycles. The van der Waals surface area contributed by atoms with Crippen molar-refractivity contribution >= 4 is 39.0 Å². The molecule has 0 aliphatic carbocycles. The molecule has 0 fully saturated rings. The Morgan fingerprint density at radius 2 is 1.90 bits per heavy atom. The number of rotatable bonds is 4. The molecule has 0 saturated carbocycles. The fraction of sp³-hybridized carbons (Fsp3) is 0.235. The first kappa shape index (κ1) is 14.4. The molecule has 21 heavy (non-hydrogen) atoms. The highest BCUT2D eigenvalue weighted by molar-refractivity contribution is 7.98. The maximum Gasteiger partial charge on any atom is 0.0907 e. The lowest BCUT2D eigenvalue weighted by Gasteiger charge is -2.16. The van der Waals surface area contributed by atoms with E-state index >= 15 is 0 Å². The van der Waals surface area contributed by atoms with Crippen LogP contribution < -0.4 is 5.32 Å². The molecule has 1 unspecified atom stereocenters. The van der Waals surface area contributed by atoms with Crippen molar-refractivity contribution in [2.24, 2.45) is 0 Å². The molecule has 2 nitrogen and oxygen atoms in total. The van der Waals surface area contributed by atoms with Crippen molar-refractivity contribution < 1.29 is 0 Å². The minimum absolute atomic E-state index is 0.285. The lowest BCUT2D eigenvalue weighted by atomic mass is 10.1. The Labute approximate surface area is 133 Å². The van der Waals surface area contributed by atoms with Crippen molar-refractivity contribution in [1.29, 1.82) is 0 Å². The molecule has 1 heterocycles. The van der Waals surface area contributed by atoms with Crippen LogP contribution >= 0.6 is 23.1 Å². The monoisotopic (exact) mass is 314 g/mol. The number of hydrogen-bond donors (Lipinski definition) is 1. The lowest BCUT2D eigenvalue weighted by Crippen LogP contribution is -2.06. The van der Waals surface area contributed by atoms with E-state index in [-0.39, 0.29) is 6.04 Å². The molecule has 0 aliphatic heterocycles. The van der Waals surface area contributed by atoms with Crippen LogP contribution in [-0.4, -0.2) is 11.2 Å². The van der Waals surface area contributed by atoms with Gasteiger partial charge in [-0.25, -0.2) is 4.98 Å². The molecule has 0 spiro atoms. The minimum Gasteiger partial charge on any atom is -0.378 e. The maximum absolute atomic E-state index is 4.50. The van der Waals surface area contributed by atoms with Crippen LogP contribution in [0, 0.1) is 6.92 Å². The third-order valence-corrected chi connectivity index (χ3v) is 5.17. The van der Waals surface area contributed by atoms with Crippen LogP contribution in [0.2, 0.25) is 0 Å². The van der Waals surface area contributed by atoms with E-state index in [4.69, 9.17) is 0 Å². The van der Waals surface area contributed by atoms with E-state index in [1.165, 1.54) is 15.2 Å². The molecular formula is C17H18N2S2. The normalized spacial score (nSPS) is 12.5. The Bertz CT molecular complexity index is 747. The van der Waals surface area contributed by atoms with Crippen LogP contribution in [0.3, 0.4) is 0 Å². The van der Waals surface area contributed by atoms with Gasteiger partial charge in [-0.05, 0) is 56.0 Å². The van der Waals surface area contributed by atoms with Crippen LogP contribution in [-0.2, 0) is 0 Å². The largest absolute Gasteiger partial charge is 0.378 e. The SMILES string of the molecule is CSc1ccc(C(C)Nc2ccc3nc(C)sc3c2)cc1. The van der Waals surface area contributed by atoms with E-state index in [0.717, 1.165) is 16.2 Å². The van der Waals surface area contributed by atoms with Crippen LogP contribution in [0.5, 0.6) is 0 Å². The summed E-state index contributed by atoms with van der Waals surface area (Å²) in [4.78, 5) is 5.80. The van der Waals surface area contributed by atoms with Crippen molar-refractivity contribution in [3.8, 4) is 0 Å². The number of nitrogens with zero attached hydrogens (tertiary/aromatic N) is 1. The number of thiazole rings is 1. The molecule has 0 radical (unpaired) electrons. The summed E-state index contributed by atoms with van der Waals surface area (Å²) in [5, 5.41) is 4.68. The predicted octanol–water partition coefficient (Wildman–Crippen LogP) is 5.50. The van der Waals surface area contributed by atoms with Crippen LogP contribution in [0.4, 0.5) is 5.69 Å². The van der Waals surface area contributed by atoms with Crippen LogP contribution in [0.1, 0.15) is 23.5 Å². The molecule has 3 rings (SSSR count). The Morgan fingerprint density at radius 1 is 1.14 bits per heavy atom. The van der Waals surface area contributed by atoms with Crippen molar-refractivity contribution in [2.45, 2.75) is 24.8 Å². The highest BCUT2D eigenvalue weighted by Gasteiger charge is 2.07. The first-order chi connectivity index (χ1) is 10.2. The predicted molar refractivity (Wildman–Crippen MR) is 94.6 cm³/mol. The van der Waals surface area contributed by atoms with Crippen LogP contribution in [0.15, 0.2) is 47.4 Å². The Balaban J connectivity index is 1.79. The second kappa shape index (κ2) is 6.08. The topological polar surface area (TPSA) is 24.9 Å². The second-order valence-corrected chi connectivity index (χ2v) is 7.17. The Kier molecular flexibility index (Phi) is 4.17. The summed E-state index contributed by atoms with van der Waals surface area (Å²) in [7, 11) is 0. The van der Waals surface area contributed by atoms with E-state index in [2.05, 4.69) is 65.9 Å². The van der Waals surface area contributed by atoms with Gasteiger partial charge in [-0.1, -0.05) is 12.1 Å². The highest BCUT2D eigenvalue weighted by atomic mass is 32.2. The molecule has 1 aromatic heterocycles. The molecular weight excluding hydrogens is 296 g/mol. The number of anilines is 1. The van der Waals surface area contributed by atoms with Gasteiger partial charge in [-0.3, -0.25) is 0 Å². The number of thioether (sulfide) groups is 1. The number of benzene rings is 2. The lowest BCUT2D eigenvalue weighted by molar-refractivity contribution is 0.883. The standard InChI is InChI=1S/C17H18N2S2/c1-11(13-4-7-15(20-3)8-5-13)18-14-6-9-16-17(10-14)21-12(2)19-16/h4-11,18H,1-3H3. The van der Waals surface area contributed by atoms with Gasteiger partial charge in [-0.15, -0.1) is 23.1 Å². The summed E-state index contributed by atoms with van der Waals surface area (Å²) in [6, 6.07) is 15.4. The van der Waals surface area contributed by atoms with Crippen LogP contribution in [0.25, 0.3) is 10.2 Å². The first-order valence-corrected chi connectivity index (χ1v) is 8.97. The van der Waals surface area contributed by atoms with Gasteiger partial charge in [0.15, 0.2) is 0 Å².